The van der Waals surface area contributed by atoms with Crippen molar-refractivity contribution in [2.75, 3.05) is 56.0 Å². The number of piperazine rings is 1. The molecule has 2 amide bonds. The van der Waals surface area contributed by atoms with Crippen LogP contribution in [0.4, 0.5) is 16.4 Å². The molecule has 7 nitrogen and oxygen atoms in total. The monoisotopic (exact) mass is 304 g/mol. The van der Waals surface area contributed by atoms with Gasteiger partial charge in [0.1, 0.15) is 18.0 Å². The summed E-state index contributed by atoms with van der Waals surface area (Å²) in [5, 5.41) is 2.88. The number of likely N-dealkylation sites (N-methyl/N-ethyl adjacent to an activating group) is 1. The molecular formula is C15H24N6O. The lowest BCUT2D eigenvalue weighted by Crippen LogP contribution is -2.46. The molecule has 0 atom stereocenters. The summed E-state index contributed by atoms with van der Waals surface area (Å²) in [6, 6.07) is 1.81. The molecule has 7 heteroatoms. The fraction of sp³-hybridized carbons (Fsp3) is 0.667. The first-order valence-electron chi connectivity index (χ1n) is 8.11. The minimum absolute atomic E-state index is 0.0575. The third-order valence-electron chi connectivity index (χ3n) is 4.42. The van der Waals surface area contributed by atoms with Crippen molar-refractivity contribution >= 4 is 17.7 Å². The molecule has 0 radical (unpaired) electrons. The Bertz CT molecular complexity index is 509. The first kappa shape index (κ1) is 15.0. The van der Waals surface area contributed by atoms with E-state index in [1.165, 1.54) is 6.33 Å². The Hall–Kier alpha value is -1.89. The van der Waals surface area contributed by atoms with E-state index in [-0.39, 0.29) is 6.03 Å². The average Bonchev–Trinajstić information content (AvgIpc) is 3.10. The van der Waals surface area contributed by atoms with Crippen molar-refractivity contribution in [3.8, 4) is 0 Å². The maximum absolute atomic E-state index is 12.1. The van der Waals surface area contributed by atoms with E-state index in [4.69, 9.17) is 0 Å². The van der Waals surface area contributed by atoms with Crippen molar-refractivity contribution in [1.82, 2.24) is 19.8 Å². The normalized spacial score (nSPS) is 19.5. The number of nitrogens with one attached hydrogen (secondary N) is 1. The minimum atomic E-state index is -0.0575. The predicted octanol–water partition coefficient (Wildman–Crippen LogP) is 1.25. The number of hydrogen-bond acceptors (Lipinski definition) is 5. The van der Waals surface area contributed by atoms with Gasteiger partial charge in [-0.3, -0.25) is 5.32 Å². The highest BCUT2D eigenvalue weighted by atomic mass is 16.2. The molecule has 0 spiro atoms. The van der Waals surface area contributed by atoms with Crippen LogP contribution in [-0.4, -0.2) is 71.6 Å². The number of carbonyl (C=O) groups is 1. The van der Waals surface area contributed by atoms with Crippen LogP contribution in [0.5, 0.6) is 0 Å². The molecule has 22 heavy (non-hydrogen) atoms. The highest BCUT2D eigenvalue weighted by molar-refractivity contribution is 5.88. The zero-order valence-corrected chi connectivity index (χ0v) is 13.2. The zero-order valence-electron chi connectivity index (χ0n) is 13.2. The SMILES string of the molecule is CCN1CCN(c2cc(NC(=O)N3CCCC3)ncn2)CC1. The van der Waals surface area contributed by atoms with Crippen molar-refractivity contribution in [2.24, 2.45) is 0 Å². The van der Waals surface area contributed by atoms with Crippen LogP contribution in [-0.2, 0) is 0 Å². The van der Waals surface area contributed by atoms with Crippen molar-refractivity contribution in [3.63, 3.8) is 0 Å². The third kappa shape index (κ3) is 3.47. The lowest BCUT2D eigenvalue weighted by atomic mass is 10.3. The lowest BCUT2D eigenvalue weighted by Gasteiger charge is -2.34. The molecule has 1 aromatic heterocycles. The van der Waals surface area contributed by atoms with E-state index >= 15 is 0 Å². The summed E-state index contributed by atoms with van der Waals surface area (Å²) in [6.45, 7) is 8.98. The average molecular weight is 304 g/mol. The number of urea groups is 1. The van der Waals surface area contributed by atoms with E-state index in [1.807, 2.05) is 11.0 Å². The summed E-state index contributed by atoms with van der Waals surface area (Å²) >= 11 is 0. The molecule has 1 N–H and O–H groups in total. The first-order chi connectivity index (χ1) is 10.8. The third-order valence-corrected chi connectivity index (χ3v) is 4.42. The second kappa shape index (κ2) is 6.91. The molecular weight excluding hydrogens is 280 g/mol. The Morgan fingerprint density at radius 3 is 2.55 bits per heavy atom. The maximum atomic E-state index is 12.1. The van der Waals surface area contributed by atoms with Gasteiger partial charge in [0.25, 0.3) is 0 Å². The molecule has 0 bridgehead atoms. The summed E-state index contributed by atoms with van der Waals surface area (Å²) in [7, 11) is 0. The summed E-state index contributed by atoms with van der Waals surface area (Å²) in [4.78, 5) is 27.1. The lowest BCUT2D eigenvalue weighted by molar-refractivity contribution is 0.222. The van der Waals surface area contributed by atoms with E-state index in [0.29, 0.717) is 5.82 Å². The van der Waals surface area contributed by atoms with Gasteiger partial charge in [0, 0.05) is 45.3 Å². The minimum Gasteiger partial charge on any atom is -0.354 e. The topological polar surface area (TPSA) is 64.6 Å². The van der Waals surface area contributed by atoms with Gasteiger partial charge in [-0.1, -0.05) is 6.92 Å². The molecule has 120 valence electrons. The number of nitrogens with zero attached hydrogens (tertiary/aromatic N) is 5. The first-order valence-corrected chi connectivity index (χ1v) is 8.11. The maximum Gasteiger partial charge on any atom is 0.323 e. The van der Waals surface area contributed by atoms with Crippen LogP contribution in [0.2, 0.25) is 0 Å². The molecule has 2 aliphatic heterocycles. The highest BCUT2D eigenvalue weighted by Crippen LogP contribution is 2.17. The summed E-state index contributed by atoms with van der Waals surface area (Å²) in [5.41, 5.74) is 0. The van der Waals surface area contributed by atoms with Crippen LogP contribution < -0.4 is 10.2 Å². The van der Waals surface area contributed by atoms with Crippen molar-refractivity contribution < 1.29 is 4.79 Å². The fourth-order valence-electron chi connectivity index (χ4n) is 2.99. The number of amides is 2. The van der Waals surface area contributed by atoms with Gasteiger partial charge in [-0.2, -0.15) is 0 Å². The van der Waals surface area contributed by atoms with Gasteiger partial charge < -0.3 is 14.7 Å². The fourth-order valence-corrected chi connectivity index (χ4v) is 2.99. The molecule has 0 aromatic carbocycles. The van der Waals surface area contributed by atoms with Crippen molar-refractivity contribution in [1.29, 1.82) is 0 Å². The van der Waals surface area contributed by atoms with Gasteiger partial charge in [0.15, 0.2) is 0 Å². The van der Waals surface area contributed by atoms with Gasteiger partial charge in [0.2, 0.25) is 0 Å². The molecule has 3 rings (SSSR count). The molecule has 1 aromatic rings. The smallest absolute Gasteiger partial charge is 0.323 e. The number of likely N-dealkylation sites (tertiary alicyclic amines) is 1. The van der Waals surface area contributed by atoms with Gasteiger partial charge in [-0.25, -0.2) is 14.8 Å². The van der Waals surface area contributed by atoms with Crippen LogP contribution in [0, 0.1) is 0 Å². The summed E-state index contributed by atoms with van der Waals surface area (Å²) in [5.74, 6) is 1.47. The Balaban J connectivity index is 1.61. The largest absolute Gasteiger partial charge is 0.354 e. The predicted molar refractivity (Wildman–Crippen MR) is 86.2 cm³/mol. The zero-order chi connectivity index (χ0) is 15.4. The molecule has 2 fully saturated rings. The van der Waals surface area contributed by atoms with Gasteiger partial charge >= 0.3 is 6.03 Å². The molecule has 0 unspecified atom stereocenters. The second-order valence-corrected chi connectivity index (χ2v) is 5.81. The van der Waals surface area contributed by atoms with E-state index < -0.39 is 0 Å². The Morgan fingerprint density at radius 2 is 1.86 bits per heavy atom. The summed E-state index contributed by atoms with van der Waals surface area (Å²) in [6.07, 6.45) is 3.70. The van der Waals surface area contributed by atoms with E-state index in [0.717, 1.165) is 64.5 Å². The van der Waals surface area contributed by atoms with Crippen LogP contribution in [0.25, 0.3) is 0 Å². The number of aromatic nitrogens is 2. The van der Waals surface area contributed by atoms with E-state index in [9.17, 15) is 4.79 Å². The standard InChI is InChI=1S/C15H24N6O/c1-2-19-7-9-20(10-8-19)14-11-13(16-12-17-14)18-15(22)21-5-3-4-6-21/h11-12H,2-10H2,1H3,(H,16,17,18,22). The van der Waals surface area contributed by atoms with E-state index in [1.54, 1.807) is 0 Å². The number of anilines is 2. The molecule has 0 aliphatic carbocycles. The van der Waals surface area contributed by atoms with Crippen molar-refractivity contribution in [3.05, 3.63) is 12.4 Å². The molecule has 2 saturated heterocycles. The Labute approximate surface area is 131 Å². The van der Waals surface area contributed by atoms with Gasteiger partial charge in [-0.15, -0.1) is 0 Å². The number of carbonyl (C=O) groups excluding carboxylic acids is 1. The number of rotatable bonds is 3. The van der Waals surface area contributed by atoms with Crippen LogP contribution >= 0.6 is 0 Å². The van der Waals surface area contributed by atoms with Crippen LogP contribution in [0.1, 0.15) is 19.8 Å². The second-order valence-electron chi connectivity index (χ2n) is 5.81. The highest BCUT2D eigenvalue weighted by Gasteiger charge is 2.20. The number of hydrogen-bond donors (Lipinski definition) is 1. The van der Waals surface area contributed by atoms with Crippen molar-refractivity contribution in [2.45, 2.75) is 19.8 Å². The molecule has 3 heterocycles. The molecule has 0 saturated carbocycles. The molecule has 2 aliphatic rings. The van der Waals surface area contributed by atoms with Gasteiger partial charge in [0.05, 0.1) is 0 Å². The van der Waals surface area contributed by atoms with Crippen LogP contribution in [0.3, 0.4) is 0 Å². The quantitative estimate of drug-likeness (QED) is 0.910. The Kier molecular flexibility index (Phi) is 4.72. The van der Waals surface area contributed by atoms with Crippen LogP contribution in [0.15, 0.2) is 12.4 Å². The van der Waals surface area contributed by atoms with Gasteiger partial charge in [-0.05, 0) is 19.4 Å². The summed E-state index contributed by atoms with van der Waals surface area (Å²) < 4.78 is 0. The Morgan fingerprint density at radius 1 is 1.14 bits per heavy atom. The van der Waals surface area contributed by atoms with E-state index in [2.05, 4.69) is 32.0 Å².